The summed E-state index contributed by atoms with van der Waals surface area (Å²) in [5.41, 5.74) is 2.87. The number of nitriles is 1. The summed E-state index contributed by atoms with van der Waals surface area (Å²) in [6.45, 7) is 2.94. The molecule has 0 radical (unpaired) electrons. The maximum atomic E-state index is 12.1. The van der Waals surface area contributed by atoms with Gasteiger partial charge in [-0.3, -0.25) is 0 Å². The number of anilines is 1. The Bertz CT molecular complexity index is 958. The van der Waals surface area contributed by atoms with Gasteiger partial charge in [-0.05, 0) is 47.2 Å². The topological polar surface area (TPSA) is 109 Å². The Morgan fingerprint density at radius 1 is 1.23 bits per heavy atom. The number of nitrogens with zero attached hydrogens (tertiary/aromatic N) is 5. The third-order valence-electron chi connectivity index (χ3n) is 3.72. The molecule has 0 unspecified atom stereocenters. The lowest BCUT2D eigenvalue weighted by Crippen LogP contribution is -2.28. The van der Waals surface area contributed by atoms with Crippen molar-refractivity contribution < 1.29 is 4.79 Å². The van der Waals surface area contributed by atoms with Crippen molar-refractivity contribution in [3.8, 4) is 17.5 Å². The van der Waals surface area contributed by atoms with E-state index in [-0.39, 0.29) is 6.03 Å². The van der Waals surface area contributed by atoms with Crippen molar-refractivity contribution in [2.75, 3.05) is 5.32 Å². The normalized spacial score (nSPS) is 10.2. The summed E-state index contributed by atoms with van der Waals surface area (Å²) in [5, 5.41) is 26.1. The quantitative estimate of drug-likeness (QED) is 0.737. The molecule has 3 rings (SSSR count). The molecule has 8 nitrogen and oxygen atoms in total. The van der Waals surface area contributed by atoms with Crippen LogP contribution in [-0.2, 0) is 13.1 Å². The van der Waals surface area contributed by atoms with Crippen molar-refractivity contribution >= 4 is 11.7 Å². The summed E-state index contributed by atoms with van der Waals surface area (Å²) in [6.07, 6.45) is 0. The predicted molar refractivity (Wildman–Crippen MR) is 95.9 cm³/mol. The fraction of sp³-hybridized carbons (Fsp3) is 0.167. The number of aryl methyl sites for hydroxylation is 1. The largest absolute Gasteiger partial charge is 0.334 e. The van der Waals surface area contributed by atoms with Crippen LogP contribution in [0.4, 0.5) is 10.5 Å². The molecule has 0 fully saturated rings. The number of amides is 2. The van der Waals surface area contributed by atoms with Crippen molar-refractivity contribution in [1.82, 2.24) is 25.5 Å². The SMILES string of the molecule is CCn1nnnc1-c1cccc(NC(=O)NCc2cccc(C#N)c2)c1. The number of rotatable bonds is 5. The molecule has 2 amide bonds. The zero-order valence-corrected chi connectivity index (χ0v) is 14.2. The van der Waals surface area contributed by atoms with Crippen LogP contribution < -0.4 is 10.6 Å². The lowest BCUT2D eigenvalue weighted by molar-refractivity contribution is 0.251. The molecule has 1 heterocycles. The second-order valence-corrected chi connectivity index (χ2v) is 5.52. The van der Waals surface area contributed by atoms with Gasteiger partial charge in [-0.15, -0.1) is 5.10 Å². The lowest BCUT2D eigenvalue weighted by atomic mass is 10.1. The van der Waals surface area contributed by atoms with Crippen LogP contribution in [0.1, 0.15) is 18.1 Å². The third kappa shape index (κ3) is 4.02. The first-order valence-electron chi connectivity index (χ1n) is 8.10. The maximum Gasteiger partial charge on any atom is 0.319 e. The molecular formula is C18H17N7O. The van der Waals surface area contributed by atoms with Crippen molar-refractivity contribution in [1.29, 1.82) is 5.26 Å². The predicted octanol–water partition coefficient (Wildman–Crippen LogP) is 2.55. The van der Waals surface area contributed by atoms with E-state index in [1.807, 2.05) is 31.2 Å². The van der Waals surface area contributed by atoms with E-state index in [2.05, 4.69) is 32.2 Å². The standard InChI is InChI=1S/C18H17N7O/c1-2-25-17(22-23-24-25)15-7-4-8-16(10-15)21-18(26)20-12-14-6-3-5-13(9-14)11-19/h3-10H,2,12H2,1H3,(H2,20,21,26). The van der Waals surface area contributed by atoms with Crippen molar-refractivity contribution in [2.45, 2.75) is 20.0 Å². The molecule has 0 spiro atoms. The number of hydrogen-bond donors (Lipinski definition) is 2. The van der Waals surface area contributed by atoms with Crippen LogP contribution in [0.5, 0.6) is 0 Å². The number of aromatic nitrogens is 4. The van der Waals surface area contributed by atoms with Gasteiger partial charge in [-0.2, -0.15) is 5.26 Å². The summed E-state index contributed by atoms with van der Waals surface area (Å²) in [6, 6.07) is 16.2. The van der Waals surface area contributed by atoms with Gasteiger partial charge >= 0.3 is 6.03 Å². The Kier molecular flexibility index (Phi) is 5.19. The van der Waals surface area contributed by atoms with Gasteiger partial charge < -0.3 is 10.6 Å². The highest BCUT2D eigenvalue weighted by atomic mass is 16.2. The van der Waals surface area contributed by atoms with E-state index in [9.17, 15) is 4.79 Å². The number of nitrogens with one attached hydrogen (secondary N) is 2. The highest BCUT2D eigenvalue weighted by Gasteiger charge is 2.09. The van der Waals surface area contributed by atoms with Gasteiger partial charge in [-0.1, -0.05) is 24.3 Å². The van der Waals surface area contributed by atoms with E-state index in [1.165, 1.54) is 0 Å². The van der Waals surface area contributed by atoms with Gasteiger partial charge in [0.25, 0.3) is 0 Å². The highest BCUT2D eigenvalue weighted by Crippen LogP contribution is 2.20. The van der Waals surface area contributed by atoms with E-state index in [0.717, 1.165) is 11.1 Å². The Morgan fingerprint density at radius 2 is 2.08 bits per heavy atom. The van der Waals surface area contributed by atoms with Gasteiger partial charge in [0.05, 0.1) is 11.6 Å². The molecule has 0 saturated heterocycles. The lowest BCUT2D eigenvalue weighted by Gasteiger charge is -2.09. The monoisotopic (exact) mass is 347 g/mol. The van der Waals surface area contributed by atoms with Crippen LogP contribution >= 0.6 is 0 Å². The van der Waals surface area contributed by atoms with Gasteiger partial charge in [0.2, 0.25) is 0 Å². The second-order valence-electron chi connectivity index (χ2n) is 5.52. The second kappa shape index (κ2) is 7.90. The van der Waals surface area contributed by atoms with Crippen LogP contribution in [0.25, 0.3) is 11.4 Å². The van der Waals surface area contributed by atoms with Crippen LogP contribution in [0, 0.1) is 11.3 Å². The van der Waals surface area contributed by atoms with E-state index < -0.39 is 0 Å². The molecule has 2 N–H and O–H groups in total. The molecule has 0 aliphatic rings. The van der Waals surface area contributed by atoms with E-state index in [1.54, 1.807) is 28.9 Å². The molecule has 0 bridgehead atoms. The average molecular weight is 347 g/mol. The van der Waals surface area contributed by atoms with Crippen LogP contribution in [0.3, 0.4) is 0 Å². The van der Waals surface area contributed by atoms with Crippen LogP contribution in [0.2, 0.25) is 0 Å². The molecule has 0 aliphatic carbocycles. The first-order valence-corrected chi connectivity index (χ1v) is 8.10. The molecule has 1 aromatic heterocycles. The molecule has 3 aromatic rings. The minimum absolute atomic E-state index is 0.328. The smallest absolute Gasteiger partial charge is 0.319 e. The summed E-state index contributed by atoms with van der Waals surface area (Å²) >= 11 is 0. The number of urea groups is 1. The zero-order chi connectivity index (χ0) is 18.4. The van der Waals surface area contributed by atoms with Gasteiger partial charge in [0, 0.05) is 24.3 Å². The fourth-order valence-corrected chi connectivity index (χ4v) is 2.47. The molecule has 8 heteroatoms. The van der Waals surface area contributed by atoms with Crippen LogP contribution in [-0.4, -0.2) is 26.2 Å². The average Bonchev–Trinajstić information content (AvgIpc) is 3.15. The minimum atomic E-state index is -0.334. The summed E-state index contributed by atoms with van der Waals surface area (Å²) in [5.74, 6) is 0.643. The fourth-order valence-electron chi connectivity index (χ4n) is 2.47. The number of hydrogen-bond acceptors (Lipinski definition) is 5. The van der Waals surface area contributed by atoms with E-state index in [0.29, 0.717) is 30.2 Å². The summed E-state index contributed by atoms with van der Waals surface area (Å²) in [4.78, 5) is 12.1. The molecular weight excluding hydrogens is 330 g/mol. The zero-order valence-electron chi connectivity index (χ0n) is 14.2. The number of carbonyl (C=O) groups is 1. The molecule has 130 valence electrons. The third-order valence-corrected chi connectivity index (χ3v) is 3.72. The molecule has 0 aliphatic heterocycles. The molecule has 0 saturated carbocycles. The molecule has 2 aromatic carbocycles. The van der Waals surface area contributed by atoms with Crippen molar-refractivity contribution in [3.63, 3.8) is 0 Å². The maximum absolute atomic E-state index is 12.1. The van der Waals surface area contributed by atoms with Gasteiger partial charge in [0.1, 0.15) is 0 Å². The van der Waals surface area contributed by atoms with Crippen molar-refractivity contribution in [3.05, 3.63) is 59.7 Å². The van der Waals surface area contributed by atoms with E-state index in [4.69, 9.17) is 5.26 Å². The molecule has 26 heavy (non-hydrogen) atoms. The van der Waals surface area contributed by atoms with Crippen molar-refractivity contribution in [2.24, 2.45) is 0 Å². The van der Waals surface area contributed by atoms with Gasteiger partial charge in [-0.25, -0.2) is 9.48 Å². The molecule has 0 atom stereocenters. The minimum Gasteiger partial charge on any atom is -0.334 e. The summed E-state index contributed by atoms with van der Waals surface area (Å²) < 4.78 is 1.68. The van der Waals surface area contributed by atoms with Gasteiger partial charge in [0.15, 0.2) is 5.82 Å². The first-order chi connectivity index (χ1) is 12.7. The highest BCUT2D eigenvalue weighted by molar-refractivity contribution is 5.89. The summed E-state index contributed by atoms with van der Waals surface area (Å²) in [7, 11) is 0. The Hall–Kier alpha value is -3.73. The Labute approximate surface area is 150 Å². The number of benzene rings is 2. The van der Waals surface area contributed by atoms with Crippen LogP contribution in [0.15, 0.2) is 48.5 Å². The number of carbonyl (C=O) groups excluding carboxylic acids is 1. The first kappa shape index (κ1) is 17.1. The number of tetrazole rings is 1. The Morgan fingerprint density at radius 3 is 2.88 bits per heavy atom. The van der Waals surface area contributed by atoms with E-state index >= 15 is 0 Å². The Balaban J connectivity index is 1.64.